The summed E-state index contributed by atoms with van der Waals surface area (Å²) in [5, 5.41) is 3.10. The van der Waals surface area contributed by atoms with Crippen molar-refractivity contribution in [3.8, 4) is 11.1 Å². The zero-order chi connectivity index (χ0) is 13.9. The summed E-state index contributed by atoms with van der Waals surface area (Å²) < 4.78 is 0. The maximum absolute atomic E-state index is 5.02. The summed E-state index contributed by atoms with van der Waals surface area (Å²) in [6.45, 7) is 2.23. The molecular weight excluding hydrogens is 262 g/mol. The fourth-order valence-electron chi connectivity index (χ4n) is 2.74. The van der Waals surface area contributed by atoms with Crippen LogP contribution in [0.2, 0.25) is 0 Å². The molecule has 3 rings (SSSR count). The van der Waals surface area contributed by atoms with Gasteiger partial charge < -0.3 is 4.98 Å². The third kappa shape index (κ3) is 2.27. The molecule has 1 aromatic heterocycles. The second-order valence-electron chi connectivity index (χ2n) is 5.14. The maximum atomic E-state index is 5.02. The van der Waals surface area contributed by atoms with Crippen molar-refractivity contribution in [3.05, 3.63) is 60.3 Å². The molecule has 2 aromatic carbocycles. The van der Waals surface area contributed by atoms with E-state index in [0.717, 1.165) is 6.42 Å². The quantitative estimate of drug-likeness (QED) is 0.638. The van der Waals surface area contributed by atoms with Crippen molar-refractivity contribution in [1.29, 1.82) is 0 Å². The van der Waals surface area contributed by atoms with E-state index in [1.165, 1.54) is 27.6 Å². The molecule has 1 heterocycles. The maximum Gasteiger partial charge on any atom is 0.0460 e. The number of H-pyrrole nitrogens is 1. The Morgan fingerprint density at radius 1 is 1.05 bits per heavy atom. The van der Waals surface area contributed by atoms with E-state index in [9.17, 15) is 0 Å². The molecule has 0 saturated carbocycles. The van der Waals surface area contributed by atoms with Crippen LogP contribution in [0.15, 0.2) is 54.7 Å². The SMILES string of the molecule is CC(CC=S)c1ccccc1-c1c[nH]c2ccccc12. The molecule has 1 nitrogen and oxygen atoms in total. The van der Waals surface area contributed by atoms with Gasteiger partial charge in [-0.2, -0.15) is 0 Å². The molecule has 0 radical (unpaired) electrons. The average molecular weight is 279 g/mol. The van der Waals surface area contributed by atoms with Gasteiger partial charge in [-0.25, -0.2) is 0 Å². The van der Waals surface area contributed by atoms with Gasteiger partial charge in [0.25, 0.3) is 0 Å². The summed E-state index contributed by atoms with van der Waals surface area (Å²) in [6, 6.07) is 17.0. The molecule has 1 unspecified atom stereocenters. The summed E-state index contributed by atoms with van der Waals surface area (Å²) in [6.07, 6.45) is 3.03. The lowest BCUT2D eigenvalue weighted by Crippen LogP contribution is -1.96. The Kier molecular flexibility index (Phi) is 3.66. The van der Waals surface area contributed by atoms with Crippen LogP contribution in [0.25, 0.3) is 22.0 Å². The average Bonchev–Trinajstić information content (AvgIpc) is 2.91. The van der Waals surface area contributed by atoms with Crippen LogP contribution in [0, 0.1) is 0 Å². The Balaban J connectivity index is 2.17. The summed E-state index contributed by atoms with van der Waals surface area (Å²) in [5.74, 6) is 0.442. The topological polar surface area (TPSA) is 15.8 Å². The van der Waals surface area contributed by atoms with Crippen molar-refractivity contribution in [1.82, 2.24) is 4.98 Å². The van der Waals surface area contributed by atoms with Crippen molar-refractivity contribution in [2.45, 2.75) is 19.3 Å². The molecule has 0 spiro atoms. The van der Waals surface area contributed by atoms with Crippen LogP contribution in [0.3, 0.4) is 0 Å². The highest BCUT2D eigenvalue weighted by molar-refractivity contribution is 7.78. The lowest BCUT2D eigenvalue weighted by atomic mass is 9.90. The van der Waals surface area contributed by atoms with E-state index in [4.69, 9.17) is 12.2 Å². The number of aromatic amines is 1. The van der Waals surface area contributed by atoms with Gasteiger partial charge in [-0.05, 0) is 34.9 Å². The molecular formula is C18H17NS. The van der Waals surface area contributed by atoms with Gasteiger partial charge in [0, 0.05) is 22.7 Å². The van der Waals surface area contributed by atoms with E-state index < -0.39 is 0 Å². The van der Waals surface area contributed by atoms with Gasteiger partial charge in [-0.3, -0.25) is 0 Å². The van der Waals surface area contributed by atoms with Gasteiger partial charge >= 0.3 is 0 Å². The van der Waals surface area contributed by atoms with Crippen LogP contribution < -0.4 is 0 Å². The first-order valence-corrected chi connectivity index (χ1v) is 7.37. The minimum absolute atomic E-state index is 0.442. The van der Waals surface area contributed by atoms with Crippen LogP contribution in [0.1, 0.15) is 24.8 Å². The Labute approximate surface area is 124 Å². The van der Waals surface area contributed by atoms with Gasteiger partial charge in [0.2, 0.25) is 0 Å². The lowest BCUT2D eigenvalue weighted by Gasteiger charge is -2.14. The third-order valence-corrected chi connectivity index (χ3v) is 4.01. The van der Waals surface area contributed by atoms with Gasteiger partial charge in [-0.1, -0.05) is 61.6 Å². The third-order valence-electron chi connectivity index (χ3n) is 3.82. The number of hydrogen-bond acceptors (Lipinski definition) is 1. The number of fused-ring (bicyclic) bond motifs is 1. The number of hydrogen-bond donors (Lipinski definition) is 1. The van der Waals surface area contributed by atoms with Gasteiger partial charge in [0.1, 0.15) is 0 Å². The predicted octanol–water partition coefficient (Wildman–Crippen LogP) is 5.33. The normalized spacial score (nSPS) is 12.4. The van der Waals surface area contributed by atoms with Crippen LogP contribution in [0.5, 0.6) is 0 Å². The minimum atomic E-state index is 0.442. The summed E-state index contributed by atoms with van der Waals surface area (Å²) in [5.41, 5.74) is 5.11. The molecule has 0 amide bonds. The number of aromatic nitrogens is 1. The fraction of sp³-hybridized carbons (Fsp3) is 0.167. The molecule has 2 heteroatoms. The van der Waals surface area contributed by atoms with Crippen LogP contribution in [-0.2, 0) is 0 Å². The van der Waals surface area contributed by atoms with Crippen LogP contribution >= 0.6 is 12.2 Å². The highest BCUT2D eigenvalue weighted by Gasteiger charge is 2.13. The summed E-state index contributed by atoms with van der Waals surface area (Å²) >= 11 is 5.02. The molecule has 20 heavy (non-hydrogen) atoms. The molecule has 100 valence electrons. The molecule has 1 N–H and O–H groups in total. The van der Waals surface area contributed by atoms with E-state index >= 15 is 0 Å². The Bertz CT molecular complexity index is 742. The number of para-hydroxylation sites is 1. The zero-order valence-electron chi connectivity index (χ0n) is 11.5. The van der Waals surface area contributed by atoms with Gasteiger partial charge in [-0.15, -0.1) is 0 Å². The van der Waals surface area contributed by atoms with E-state index in [1.54, 1.807) is 0 Å². The number of thiocarbonyl (C=S) groups is 1. The van der Waals surface area contributed by atoms with E-state index in [2.05, 4.69) is 66.6 Å². The second kappa shape index (κ2) is 5.59. The molecule has 0 aliphatic carbocycles. The van der Waals surface area contributed by atoms with Gasteiger partial charge in [0.15, 0.2) is 0 Å². The zero-order valence-corrected chi connectivity index (χ0v) is 12.3. The number of nitrogens with one attached hydrogen (secondary N) is 1. The fourth-order valence-corrected chi connectivity index (χ4v) is 3.03. The van der Waals surface area contributed by atoms with Crippen molar-refractivity contribution in [3.63, 3.8) is 0 Å². The van der Waals surface area contributed by atoms with Crippen molar-refractivity contribution >= 4 is 28.5 Å². The predicted molar refractivity (Wildman–Crippen MR) is 90.4 cm³/mol. The first-order valence-electron chi connectivity index (χ1n) is 6.90. The smallest absolute Gasteiger partial charge is 0.0460 e. The molecule has 0 aliphatic rings. The second-order valence-corrected chi connectivity index (χ2v) is 5.47. The van der Waals surface area contributed by atoms with Crippen LogP contribution in [-0.4, -0.2) is 10.4 Å². The van der Waals surface area contributed by atoms with E-state index in [1.807, 2.05) is 5.37 Å². The van der Waals surface area contributed by atoms with Crippen LogP contribution in [0.4, 0.5) is 0 Å². The Morgan fingerprint density at radius 3 is 2.65 bits per heavy atom. The van der Waals surface area contributed by atoms with E-state index in [0.29, 0.717) is 5.92 Å². The molecule has 0 saturated heterocycles. The Morgan fingerprint density at radius 2 is 1.80 bits per heavy atom. The minimum Gasteiger partial charge on any atom is -0.361 e. The molecule has 0 bridgehead atoms. The first kappa shape index (κ1) is 13.1. The number of benzene rings is 2. The molecule has 1 atom stereocenters. The molecule has 0 aliphatic heterocycles. The number of rotatable bonds is 4. The monoisotopic (exact) mass is 279 g/mol. The highest BCUT2D eigenvalue weighted by Crippen LogP contribution is 2.34. The first-order chi connectivity index (χ1) is 9.81. The largest absolute Gasteiger partial charge is 0.361 e. The highest BCUT2D eigenvalue weighted by atomic mass is 32.1. The van der Waals surface area contributed by atoms with Gasteiger partial charge in [0.05, 0.1) is 0 Å². The van der Waals surface area contributed by atoms with E-state index in [-0.39, 0.29) is 0 Å². The lowest BCUT2D eigenvalue weighted by molar-refractivity contribution is 0.820. The standard InChI is InChI=1S/C18H17NS/c1-13(10-11-20)14-6-2-3-7-15(14)17-12-19-18-9-5-4-8-16(17)18/h2-9,11-13,19H,10H2,1H3. The molecule has 0 fully saturated rings. The van der Waals surface area contributed by atoms with Crippen molar-refractivity contribution in [2.24, 2.45) is 0 Å². The molecule has 3 aromatic rings. The summed E-state index contributed by atoms with van der Waals surface area (Å²) in [4.78, 5) is 3.36. The summed E-state index contributed by atoms with van der Waals surface area (Å²) in [7, 11) is 0. The van der Waals surface area contributed by atoms with Crippen molar-refractivity contribution in [2.75, 3.05) is 0 Å². The Hall–Kier alpha value is -1.93. The van der Waals surface area contributed by atoms with Crippen molar-refractivity contribution < 1.29 is 0 Å².